The van der Waals surface area contributed by atoms with Crippen molar-refractivity contribution >= 4 is 0 Å². The average Bonchev–Trinajstić information content (AvgIpc) is 2.84. The number of benzene rings is 1. The molecule has 1 heterocycles. The first kappa shape index (κ1) is 11.6. The van der Waals surface area contributed by atoms with E-state index in [0.717, 1.165) is 13.0 Å². The summed E-state index contributed by atoms with van der Waals surface area (Å²) in [4.78, 5) is 2.54. The summed E-state index contributed by atoms with van der Waals surface area (Å²) < 4.78 is 0. The van der Waals surface area contributed by atoms with Gasteiger partial charge in [0.25, 0.3) is 0 Å². The lowest BCUT2D eigenvalue weighted by Crippen LogP contribution is -2.32. The van der Waals surface area contributed by atoms with Gasteiger partial charge in [-0.1, -0.05) is 31.2 Å². The second-order valence-electron chi connectivity index (χ2n) is 4.55. The minimum atomic E-state index is 0.429. The maximum absolute atomic E-state index is 5.97. The van der Waals surface area contributed by atoms with E-state index in [-0.39, 0.29) is 0 Å². The van der Waals surface area contributed by atoms with Crippen molar-refractivity contribution in [2.75, 3.05) is 19.6 Å². The molecule has 1 aliphatic heterocycles. The van der Waals surface area contributed by atoms with Gasteiger partial charge in [-0.3, -0.25) is 4.90 Å². The largest absolute Gasteiger partial charge is 0.329 e. The first-order chi connectivity index (χ1) is 7.86. The van der Waals surface area contributed by atoms with E-state index in [1.54, 1.807) is 0 Å². The lowest BCUT2D eigenvalue weighted by molar-refractivity contribution is 0.250. The van der Waals surface area contributed by atoms with Crippen LogP contribution in [0, 0.1) is 0 Å². The summed E-state index contributed by atoms with van der Waals surface area (Å²) in [6.45, 7) is 5.37. The first-order valence-electron chi connectivity index (χ1n) is 6.38. The number of aryl methyl sites for hydroxylation is 1. The van der Waals surface area contributed by atoms with Gasteiger partial charge in [-0.15, -0.1) is 0 Å². The molecule has 1 aromatic rings. The molecule has 1 atom stereocenters. The molecule has 0 bridgehead atoms. The number of hydrogen-bond donors (Lipinski definition) is 1. The van der Waals surface area contributed by atoms with E-state index >= 15 is 0 Å². The van der Waals surface area contributed by atoms with Crippen LogP contribution in [0.15, 0.2) is 24.3 Å². The van der Waals surface area contributed by atoms with Crippen LogP contribution in [0.4, 0.5) is 0 Å². The summed E-state index contributed by atoms with van der Waals surface area (Å²) in [7, 11) is 0. The zero-order valence-corrected chi connectivity index (χ0v) is 10.2. The van der Waals surface area contributed by atoms with Crippen molar-refractivity contribution in [2.45, 2.75) is 32.2 Å². The van der Waals surface area contributed by atoms with Crippen LogP contribution in [0.5, 0.6) is 0 Å². The second kappa shape index (κ2) is 5.46. The zero-order valence-electron chi connectivity index (χ0n) is 10.2. The number of nitrogens with two attached hydrogens (primary N) is 1. The first-order valence-corrected chi connectivity index (χ1v) is 6.38. The van der Waals surface area contributed by atoms with Crippen LogP contribution in [-0.4, -0.2) is 24.5 Å². The Hall–Kier alpha value is -0.860. The molecule has 2 N–H and O–H groups in total. The molecule has 1 unspecified atom stereocenters. The summed E-state index contributed by atoms with van der Waals surface area (Å²) in [5.41, 5.74) is 8.85. The van der Waals surface area contributed by atoms with Crippen molar-refractivity contribution in [3.05, 3.63) is 35.4 Å². The fraction of sp³-hybridized carbons (Fsp3) is 0.571. The molecule has 2 heteroatoms. The van der Waals surface area contributed by atoms with Gasteiger partial charge in [0.15, 0.2) is 0 Å². The van der Waals surface area contributed by atoms with E-state index < -0.39 is 0 Å². The van der Waals surface area contributed by atoms with E-state index in [0.29, 0.717) is 6.04 Å². The second-order valence-corrected chi connectivity index (χ2v) is 4.55. The molecular weight excluding hydrogens is 196 g/mol. The Morgan fingerprint density at radius 3 is 2.56 bits per heavy atom. The minimum Gasteiger partial charge on any atom is -0.329 e. The fourth-order valence-electron chi connectivity index (χ4n) is 2.71. The molecule has 0 saturated carbocycles. The molecule has 88 valence electrons. The van der Waals surface area contributed by atoms with Gasteiger partial charge in [-0.05, 0) is 43.5 Å². The molecular formula is C14H22N2. The van der Waals surface area contributed by atoms with E-state index in [2.05, 4.69) is 36.1 Å². The third-order valence-electron chi connectivity index (χ3n) is 3.60. The molecule has 1 saturated heterocycles. The summed E-state index contributed by atoms with van der Waals surface area (Å²) >= 11 is 0. The monoisotopic (exact) mass is 218 g/mol. The van der Waals surface area contributed by atoms with Gasteiger partial charge in [0.05, 0.1) is 0 Å². The number of hydrogen-bond acceptors (Lipinski definition) is 2. The average molecular weight is 218 g/mol. The Morgan fingerprint density at radius 1 is 1.25 bits per heavy atom. The molecule has 1 aliphatic rings. The maximum Gasteiger partial charge on any atom is 0.0473 e. The fourth-order valence-corrected chi connectivity index (χ4v) is 2.71. The lowest BCUT2D eigenvalue weighted by atomic mass is 9.97. The minimum absolute atomic E-state index is 0.429. The van der Waals surface area contributed by atoms with Gasteiger partial charge >= 0.3 is 0 Å². The van der Waals surface area contributed by atoms with Crippen molar-refractivity contribution in [3.8, 4) is 0 Å². The topological polar surface area (TPSA) is 29.3 Å². The van der Waals surface area contributed by atoms with E-state index in [9.17, 15) is 0 Å². The summed E-state index contributed by atoms with van der Waals surface area (Å²) in [5, 5.41) is 0. The van der Waals surface area contributed by atoms with Crippen molar-refractivity contribution in [1.82, 2.24) is 4.90 Å². The van der Waals surface area contributed by atoms with Crippen LogP contribution in [-0.2, 0) is 6.42 Å². The summed E-state index contributed by atoms with van der Waals surface area (Å²) in [6.07, 6.45) is 3.75. The Kier molecular flexibility index (Phi) is 3.97. The zero-order chi connectivity index (χ0) is 11.4. The lowest BCUT2D eigenvalue weighted by Gasteiger charge is -2.28. The Labute approximate surface area is 98.4 Å². The van der Waals surface area contributed by atoms with Gasteiger partial charge in [-0.25, -0.2) is 0 Å². The molecule has 0 spiro atoms. The smallest absolute Gasteiger partial charge is 0.0473 e. The predicted octanol–water partition coefficient (Wildman–Crippen LogP) is 2.34. The molecule has 0 amide bonds. The van der Waals surface area contributed by atoms with Gasteiger partial charge in [-0.2, -0.15) is 0 Å². The van der Waals surface area contributed by atoms with Crippen LogP contribution in [0.1, 0.15) is 36.9 Å². The molecule has 1 aromatic carbocycles. The predicted molar refractivity (Wildman–Crippen MR) is 68.4 cm³/mol. The maximum atomic E-state index is 5.97. The molecule has 2 rings (SSSR count). The number of nitrogens with zero attached hydrogens (tertiary/aromatic N) is 1. The molecule has 2 nitrogen and oxygen atoms in total. The van der Waals surface area contributed by atoms with E-state index in [4.69, 9.17) is 5.73 Å². The number of likely N-dealkylation sites (tertiary alicyclic amines) is 1. The van der Waals surface area contributed by atoms with Gasteiger partial charge in [0.1, 0.15) is 0 Å². The van der Waals surface area contributed by atoms with Crippen molar-refractivity contribution in [1.29, 1.82) is 0 Å². The van der Waals surface area contributed by atoms with Crippen LogP contribution >= 0.6 is 0 Å². The van der Waals surface area contributed by atoms with Crippen molar-refractivity contribution < 1.29 is 0 Å². The number of rotatable bonds is 4. The SMILES string of the molecule is CCc1ccccc1C(CN)N1CCCC1. The van der Waals surface area contributed by atoms with Gasteiger partial charge in [0.2, 0.25) is 0 Å². The van der Waals surface area contributed by atoms with E-state index in [1.165, 1.54) is 37.1 Å². The van der Waals surface area contributed by atoms with Crippen molar-refractivity contribution in [2.24, 2.45) is 5.73 Å². The summed E-state index contributed by atoms with van der Waals surface area (Å²) in [6, 6.07) is 9.16. The Morgan fingerprint density at radius 2 is 1.94 bits per heavy atom. The van der Waals surface area contributed by atoms with Crippen molar-refractivity contribution in [3.63, 3.8) is 0 Å². The normalized spacial score (nSPS) is 18.9. The third-order valence-corrected chi connectivity index (χ3v) is 3.60. The van der Waals surface area contributed by atoms with Crippen LogP contribution in [0.3, 0.4) is 0 Å². The quantitative estimate of drug-likeness (QED) is 0.840. The highest BCUT2D eigenvalue weighted by Gasteiger charge is 2.23. The standard InChI is InChI=1S/C14H22N2/c1-2-12-7-3-4-8-13(12)14(11-15)16-9-5-6-10-16/h3-4,7-8,14H,2,5-6,9-11,15H2,1H3. The summed E-state index contributed by atoms with van der Waals surface area (Å²) in [5.74, 6) is 0. The highest BCUT2D eigenvalue weighted by molar-refractivity contribution is 5.30. The Balaban J connectivity index is 2.24. The molecule has 1 fully saturated rings. The van der Waals surface area contributed by atoms with Crippen LogP contribution in [0.25, 0.3) is 0 Å². The molecule has 0 aliphatic carbocycles. The highest BCUT2D eigenvalue weighted by atomic mass is 15.2. The molecule has 0 radical (unpaired) electrons. The third kappa shape index (κ3) is 2.28. The van der Waals surface area contributed by atoms with E-state index in [1.807, 2.05) is 0 Å². The van der Waals surface area contributed by atoms with Crippen LogP contribution < -0.4 is 5.73 Å². The highest BCUT2D eigenvalue weighted by Crippen LogP contribution is 2.26. The Bertz CT molecular complexity index is 329. The van der Waals surface area contributed by atoms with Gasteiger partial charge in [0, 0.05) is 12.6 Å². The molecule has 0 aromatic heterocycles. The molecule has 16 heavy (non-hydrogen) atoms. The van der Waals surface area contributed by atoms with Crippen LogP contribution in [0.2, 0.25) is 0 Å². The van der Waals surface area contributed by atoms with Gasteiger partial charge < -0.3 is 5.73 Å².